The Morgan fingerprint density at radius 3 is 2.86 bits per heavy atom. The van der Waals surface area contributed by atoms with E-state index in [2.05, 4.69) is 37.5 Å². The molecule has 1 atom stereocenters. The largest absolute Gasteiger partial charge is 0.480 e. The zero-order valence-corrected chi connectivity index (χ0v) is 17.3. The van der Waals surface area contributed by atoms with Gasteiger partial charge in [-0.1, -0.05) is 11.8 Å². The molecule has 0 aliphatic carbocycles. The maximum atomic E-state index is 11.1. The number of fused-ring (bicyclic) bond motifs is 2. The molecule has 0 bridgehead atoms. The minimum Gasteiger partial charge on any atom is -0.480 e. The lowest BCUT2D eigenvalue weighted by atomic mass is 10.2. The summed E-state index contributed by atoms with van der Waals surface area (Å²) in [6, 6.07) is 2.80. The first-order valence-electron chi connectivity index (χ1n) is 8.16. The Kier molecular flexibility index (Phi) is 5.16. The van der Waals surface area contributed by atoms with E-state index >= 15 is 0 Å². The fourth-order valence-corrected chi connectivity index (χ4v) is 4.39. The zero-order valence-electron chi connectivity index (χ0n) is 14.3. The van der Waals surface area contributed by atoms with E-state index in [1.165, 1.54) is 18.1 Å². The summed E-state index contributed by atoms with van der Waals surface area (Å²) in [4.78, 5) is 24.8. The third-order valence-electron chi connectivity index (χ3n) is 4.13. The zero-order chi connectivity index (χ0) is 19.8. The summed E-state index contributed by atoms with van der Waals surface area (Å²) < 4.78 is 13.6. The number of nitrogen functional groups attached to an aromatic ring is 1. The van der Waals surface area contributed by atoms with Crippen molar-refractivity contribution in [3.8, 4) is 11.5 Å². The van der Waals surface area contributed by atoms with Gasteiger partial charge in [-0.15, -0.1) is 0 Å². The number of aliphatic carboxylic acids is 1. The van der Waals surface area contributed by atoms with Gasteiger partial charge in [-0.2, -0.15) is 0 Å². The fraction of sp³-hybridized carbons (Fsp3) is 0.250. The van der Waals surface area contributed by atoms with Crippen molar-refractivity contribution in [2.24, 2.45) is 5.73 Å². The number of aromatic nitrogens is 4. The van der Waals surface area contributed by atoms with Crippen LogP contribution in [0.4, 0.5) is 5.82 Å². The number of halogens is 1. The Labute approximate surface area is 176 Å². The van der Waals surface area contributed by atoms with Crippen molar-refractivity contribution in [1.29, 1.82) is 0 Å². The van der Waals surface area contributed by atoms with Crippen molar-refractivity contribution in [3.63, 3.8) is 0 Å². The molecule has 1 aliphatic rings. The molecule has 3 aromatic rings. The molecule has 0 unspecified atom stereocenters. The number of nitrogens with zero attached hydrogens (tertiary/aromatic N) is 4. The van der Waals surface area contributed by atoms with Crippen molar-refractivity contribution in [3.05, 3.63) is 22.0 Å². The maximum Gasteiger partial charge on any atom is 0.320 e. The number of aryl methyl sites for hydroxylation is 1. The van der Waals surface area contributed by atoms with Crippen LogP contribution in [-0.2, 0) is 11.3 Å². The number of carbonyl (C=O) groups is 1. The number of imidazole rings is 1. The molecule has 3 heterocycles. The van der Waals surface area contributed by atoms with Gasteiger partial charge in [0.15, 0.2) is 33.6 Å². The Morgan fingerprint density at radius 2 is 2.11 bits per heavy atom. The number of benzene rings is 1. The number of anilines is 1. The van der Waals surface area contributed by atoms with Gasteiger partial charge < -0.3 is 30.6 Å². The van der Waals surface area contributed by atoms with Gasteiger partial charge in [0, 0.05) is 15.0 Å². The first-order valence-corrected chi connectivity index (χ1v) is 10.1. The molecular formula is C16H15IN6O4S. The lowest BCUT2D eigenvalue weighted by Gasteiger charge is -2.11. The number of rotatable bonds is 6. The summed E-state index contributed by atoms with van der Waals surface area (Å²) in [5.41, 5.74) is 12.6. The molecule has 0 saturated heterocycles. The summed E-state index contributed by atoms with van der Waals surface area (Å²) in [7, 11) is 0. The first kappa shape index (κ1) is 19.0. The van der Waals surface area contributed by atoms with Crippen molar-refractivity contribution >= 4 is 57.3 Å². The van der Waals surface area contributed by atoms with Crippen molar-refractivity contribution in [2.45, 2.75) is 29.1 Å². The van der Waals surface area contributed by atoms with E-state index < -0.39 is 12.0 Å². The molecule has 5 N–H and O–H groups in total. The molecule has 4 rings (SSSR count). The van der Waals surface area contributed by atoms with Crippen LogP contribution in [0.5, 0.6) is 11.5 Å². The molecule has 1 aliphatic heterocycles. The Balaban J connectivity index is 1.73. The molecule has 0 saturated carbocycles. The van der Waals surface area contributed by atoms with Gasteiger partial charge in [0.25, 0.3) is 0 Å². The molecule has 12 heteroatoms. The second-order valence-electron chi connectivity index (χ2n) is 5.95. The quantitative estimate of drug-likeness (QED) is 0.415. The standard InChI is InChI=1S/C16H15IN6O4S/c17-7-3-9-10(27-6-26-9)4-11(7)28-16-22-12-13(19)20-5-21-14(12)23(16)2-1-8(18)15(24)25/h3-5,8H,1-2,6,18H2,(H,24,25)(H2,19,20,21)/t8-/m1/s1. The van der Waals surface area contributed by atoms with Gasteiger partial charge in [-0.3, -0.25) is 4.79 Å². The molecule has 0 spiro atoms. The first-order chi connectivity index (χ1) is 13.4. The number of hydrogen-bond acceptors (Lipinski definition) is 9. The molecule has 0 fully saturated rings. The molecular weight excluding hydrogens is 499 g/mol. The summed E-state index contributed by atoms with van der Waals surface area (Å²) in [5.74, 6) is 0.564. The van der Waals surface area contributed by atoms with Crippen molar-refractivity contribution < 1.29 is 19.4 Å². The number of hydrogen-bond donors (Lipinski definition) is 3. The highest BCUT2D eigenvalue weighted by molar-refractivity contribution is 14.1. The van der Waals surface area contributed by atoms with E-state index in [9.17, 15) is 4.79 Å². The van der Waals surface area contributed by atoms with Crippen LogP contribution in [0.3, 0.4) is 0 Å². The van der Waals surface area contributed by atoms with Gasteiger partial charge in [0.05, 0.1) is 0 Å². The number of nitrogens with two attached hydrogens (primary N) is 2. The molecule has 2 aromatic heterocycles. The Morgan fingerprint density at radius 1 is 1.36 bits per heavy atom. The lowest BCUT2D eigenvalue weighted by molar-refractivity contribution is -0.138. The molecule has 28 heavy (non-hydrogen) atoms. The van der Waals surface area contributed by atoms with Crippen LogP contribution in [0.1, 0.15) is 6.42 Å². The molecule has 1 aromatic carbocycles. The highest BCUT2D eigenvalue weighted by Gasteiger charge is 2.21. The van der Waals surface area contributed by atoms with E-state index in [4.69, 9.17) is 26.0 Å². The summed E-state index contributed by atoms with van der Waals surface area (Å²) >= 11 is 3.61. The van der Waals surface area contributed by atoms with Crippen LogP contribution in [-0.4, -0.2) is 43.4 Å². The SMILES string of the molecule is Nc1ncnc2c1nc(Sc1cc3c(cc1I)OCO3)n2CC[C@@H](N)C(=O)O. The predicted molar refractivity (Wildman–Crippen MR) is 109 cm³/mol. The molecule has 146 valence electrons. The highest BCUT2D eigenvalue weighted by Crippen LogP contribution is 2.41. The van der Waals surface area contributed by atoms with E-state index in [0.29, 0.717) is 34.4 Å². The lowest BCUT2D eigenvalue weighted by Crippen LogP contribution is -2.31. The van der Waals surface area contributed by atoms with E-state index in [0.717, 1.165) is 8.47 Å². The minimum atomic E-state index is -1.06. The summed E-state index contributed by atoms with van der Waals surface area (Å²) in [6.07, 6.45) is 1.57. The molecule has 10 nitrogen and oxygen atoms in total. The van der Waals surface area contributed by atoms with Crippen LogP contribution in [0.2, 0.25) is 0 Å². The van der Waals surface area contributed by atoms with E-state index in [-0.39, 0.29) is 19.0 Å². The average molecular weight is 514 g/mol. The average Bonchev–Trinajstić information content (AvgIpc) is 3.24. The number of carboxylic acids is 1. The normalized spacial score (nSPS) is 13.8. The highest BCUT2D eigenvalue weighted by atomic mass is 127. The monoisotopic (exact) mass is 514 g/mol. The van der Waals surface area contributed by atoms with Crippen molar-refractivity contribution in [1.82, 2.24) is 19.5 Å². The van der Waals surface area contributed by atoms with Gasteiger partial charge in [0.2, 0.25) is 6.79 Å². The number of ether oxygens (including phenoxy) is 2. The molecule has 0 radical (unpaired) electrons. The van der Waals surface area contributed by atoms with Crippen LogP contribution in [0, 0.1) is 3.57 Å². The van der Waals surface area contributed by atoms with E-state index in [1.54, 1.807) is 0 Å². The van der Waals surface area contributed by atoms with Crippen LogP contribution < -0.4 is 20.9 Å². The third-order valence-corrected chi connectivity index (χ3v) is 6.44. The van der Waals surface area contributed by atoms with Gasteiger partial charge in [-0.25, -0.2) is 15.0 Å². The van der Waals surface area contributed by atoms with Crippen molar-refractivity contribution in [2.75, 3.05) is 12.5 Å². The maximum absolute atomic E-state index is 11.1. The predicted octanol–water partition coefficient (Wildman–Crippen LogP) is 1.70. The van der Waals surface area contributed by atoms with Crippen LogP contribution >= 0.6 is 34.4 Å². The van der Waals surface area contributed by atoms with Gasteiger partial charge in [-0.05, 0) is 41.1 Å². The topological polar surface area (TPSA) is 151 Å². The summed E-state index contributed by atoms with van der Waals surface area (Å²) in [5, 5.41) is 9.68. The van der Waals surface area contributed by atoms with E-state index in [1.807, 2.05) is 16.7 Å². The van der Waals surface area contributed by atoms with Gasteiger partial charge in [0.1, 0.15) is 12.4 Å². The molecule has 0 amide bonds. The Bertz CT molecular complexity index is 1070. The third kappa shape index (κ3) is 3.54. The minimum absolute atomic E-state index is 0.192. The smallest absolute Gasteiger partial charge is 0.320 e. The summed E-state index contributed by atoms with van der Waals surface area (Å²) in [6.45, 7) is 0.515. The van der Waals surface area contributed by atoms with Crippen LogP contribution in [0.25, 0.3) is 11.2 Å². The fourth-order valence-electron chi connectivity index (χ4n) is 2.68. The van der Waals surface area contributed by atoms with Gasteiger partial charge >= 0.3 is 5.97 Å². The second kappa shape index (κ2) is 7.60. The number of carboxylic acid groups (broad SMARTS) is 1. The van der Waals surface area contributed by atoms with Crippen LogP contribution in [0.15, 0.2) is 28.5 Å². The Hall–Kier alpha value is -2.32. The second-order valence-corrected chi connectivity index (χ2v) is 8.12.